The molecule has 0 radical (unpaired) electrons. The molecule has 0 aromatic carbocycles. The third kappa shape index (κ3) is 1.78. The second-order valence-corrected chi connectivity index (χ2v) is 5.72. The number of carbonyl (C=O) groups is 1. The molecule has 0 aliphatic carbocycles. The van der Waals surface area contributed by atoms with Gasteiger partial charge < -0.3 is 10.5 Å². The topological polar surface area (TPSA) is 124 Å². The summed E-state index contributed by atoms with van der Waals surface area (Å²) in [4.78, 5) is 18.8. The number of nitrogens with two attached hydrogens (primary N) is 1. The van der Waals surface area contributed by atoms with Gasteiger partial charge in [-0.3, -0.25) is 14.8 Å². The monoisotopic (exact) mass is 280 g/mol. The predicted molar refractivity (Wildman–Crippen MR) is 67.4 cm³/mol. The molecule has 1 amide bonds. The van der Waals surface area contributed by atoms with Crippen LogP contribution >= 0.6 is 0 Å². The first kappa shape index (κ1) is 11.8. The highest BCUT2D eigenvalue weighted by Crippen LogP contribution is 2.27. The third-order valence-corrected chi connectivity index (χ3v) is 4.17. The van der Waals surface area contributed by atoms with Gasteiger partial charge >= 0.3 is 0 Å². The number of amides is 1. The maximum absolute atomic E-state index is 12.1. The first-order chi connectivity index (χ1) is 8.99. The van der Waals surface area contributed by atoms with E-state index in [2.05, 4.69) is 14.4 Å². The highest BCUT2D eigenvalue weighted by atomic mass is 32.2. The molecule has 0 spiro atoms. The highest BCUT2D eigenvalue weighted by Gasteiger charge is 2.38. The van der Waals surface area contributed by atoms with E-state index < -0.39 is 21.2 Å². The molecule has 0 bridgehead atoms. The number of ether oxygens (including phenoxy) is 1. The molecule has 0 aromatic heterocycles. The summed E-state index contributed by atoms with van der Waals surface area (Å²) in [5.74, 6) is -0.968. The van der Waals surface area contributed by atoms with Crippen molar-refractivity contribution in [2.45, 2.75) is 5.25 Å². The van der Waals surface area contributed by atoms with Crippen LogP contribution in [0.1, 0.15) is 0 Å². The molecule has 19 heavy (non-hydrogen) atoms. The molecule has 0 aromatic rings. The summed E-state index contributed by atoms with van der Waals surface area (Å²) >= 11 is 0. The molecule has 3 aliphatic heterocycles. The predicted octanol–water partition coefficient (Wildman–Crippen LogP) is -1.09. The molecule has 98 valence electrons. The maximum atomic E-state index is 12.1. The molecule has 9 heteroatoms. The van der Waals surface area contributed by atoms with Gasteiger partial charge in [0.15, 0.2) is 16.7 Å². The van der Waals surface area contributed by atoms with Crippen LogP contribution < -0.4 is 5.73 Å². The fourth-order valence-corrected chi connectivity index (χ4v) is 3.04. The van der Waals surface area contributed by atoms with Crippen molar-refractivity contribution in [3.05, 3.63) is 23.3 Å². The molecule has 3 aliphatic rings. The first-order valence-corrected chi connectivity index (χ1v) is 6.77. The van der Waals surface area contributed by atoms with Crippen molar-refractivity contribution < 1.29 is 17.9 Å². The number of carbonyl (C=O) groups excluding carboxylic acids is 1. The molecule has 0 saturated carbocycles. The van der Waals surface area contributed by atoms with Crippen molar-refractivity contribution in [3.8, 4) is 0 Å². The van der Waals surface area contributed by atoms with Gasteiger partial charge in [0.2, 0.25) is 0 Å². The van der Waals surface area contributed by atoms with Crippen molar-refractivity contribution in [3.63, 3.8) is 0 Å². The number of hydrogen-bond acceptors (Lipinski definition) is 6. The third-order valence-electron chi connectivity index (χ3n) is 2.74. The summed E-state index contributed by atoms with van der Waals surface area (Å²) in [5.41, 5.74) is 5.67. The number of hydrogen-bond donors (Lipinski definition) is 1. The van der Waals surface area contributed by atoms with Crippen LogP contribution in [0.15, 0.2) is 37.7 Å². The molecular weight excluding hydrogens is 272 g/mol. The van der Waals surface area contributed by atoms with E-state index in [4.69, 9.17) is 10.5 Å². The minimum Gasteiger partial charge on any atom is -0.465 e. The molecular formula is C10H8N4O4S. The molecule has 2 N–H and O–H groups in total. The van der Waals surface area contributed by atoms with Crippen LogP contribution in [0.3, 0.4) is 0 Å². The Labute approximate surface area is 108 Å². The van der Waals surface area contributed by atoms with Crippen LogP contribution in [0, 0.1) is 0 Å². The Kier molecular flexibility index (Phi) is 2.39. The molecule has 3 heterocycles. The minimum atomic E-state index is -3.92. The van der Waals surface area contributed by atoms with Crippen LogP contribution in [-0.4, -0.2) is 44.3 Å². The van der Waals surface area contributed by atoms with Gasteiger partial charge in [-0.25, -0.2) is 8.42 Å². The van der Waals surface area contributed by atoms with Gasteiger partial charge in [0, 0.05) is 18.0 Å². The summed E-state index contributed by atoms with van der Waals surface area (Å²) in [6, 6.07) is 0. The summed E-state index contributed by atoms with van der Waals surface area (Å²) in [7, 11) is -3.92. The summed E-state index contributed by atoms with van der Waals surface area (Å²) < 4.78 is 33.2. The lowest BCUT2D eigenvalue weighted by molar-refractivity contribution is -0.114. The Balaban J connectivity index is 2.18. The lowest BCUT2D eigenvalue weighted by Gasteiger charge is -2.14. The highest BCUT2D eigenvalue weighted by molar-refractivity contribution is 7.91. The fraction of sp³-hybridized carbons (Fsp3) is 0.200. The van der Waals surface area contributed by atoms with Crippen LogP contribution in [0.2, 0.25) is 0 Å². The zero-order valence-electron chi connectivity index (χ0n) is 9.48. The van der Waals surface area contributed by atoms with Gasteiger partial charge in [0.05, 0.1) is 12.8 Å². The van der Waals surface area contributed by atoms with Crippen LogP contribution in [0.25, 0.3) is 0 Å². The van der Waals surface area contributed by atoms with Crippen molar-refractivity contribution in [2.24, 2.45) is 20.1 Å². The Bertz CT molecular complexity index is 727. The van der Waals surface area contributed by atoms with E-state index in [9.17, 15) is 13.2 Å². The number of rotatable bonds is 1. The number of nitrogens with zero attached hydrogens (tertiary/aromatic N) is 3. The molecule has 1 unspecified atom stereocenters. The normalized spacial score (nSPS) is 32.3. The van der Waals surface area contributed by atoms with E-state index >= 15 is 0 Å². The second-order valence-electron chi connectivity index (χ2n) is 4.00. The van der Waals surface area contributed by atoms with E-state index in [-0.39, 0.29) is 23.7 Å². The zero-order chi connectivity index (χ0) is 13.6. The molecule has 3 rings (SSSR count). The van der Waals surface area contributed by atoms with E-state index in [1.165, 1.54) is 12.5 Å². The van der Waals surface area contributed by atoms with Gasteiger partial charge in [-0.1, -0.05) is 0 Å². The van der Waals surface area contributed by atoms with Crippen molar-refractivity contribution >= 4 is 34.1 Å². The maximum Gasteiger partial charge on any atom is 0.270 e. The Morgan fingerprint density at radius 2 is 2.26 bits per heavy atom. The number of sulfonamides is 1. The Morgan fingerprint density at radius 1 is 1.47 bits per heavy atom. The second kappa shape index (κ2) is 3.85. The van der Waals surface area contributed by atoms with Crippen LogP contribution in [-0.2, 0) is 19.6 Å². The van der Waals surface area contributed by atoms with E-state index in [0.717, 1.165) is 6.21 Å². The minimum absolute atomic E-state index is 0.116. The Morgan fingerprint density at radius 3 is 3.00 bits per heavy atom. The molecule has 8 nitrogen and oxygen atoms in total. The van der Waals surface area contributed by atoms with Gasteiger partial charge in [-0.15, -0.1) is 0 Å². The Hall–Kier alpha value is -2.29. The van der Waals surface area contributed by atoms with Crippen molar-refractivity contribution in [1.29, 1.82) is 0 Å². The van der Waals surface area contributed by atoms with Gasteiger partial charge in [-0.2, -0.15) is 4.40 Å². The van der Waals surface area contributed by atoms with Crippen LogP contribution in [0.4, 0.5) is 0 Å². The van der Waals surface area contributed by atoms with E-state index in [1.807, 2.05) is 0 Å². The molecule has 0 saturated heterocycles. The number of fused-ring (bicyclic) bond motifs is 2. The van der Waals surface area contributed by atoms with Crippen LogP contribution in [0.5, 0.6) is 0 Å². The largest absolute Gasteiger partial charge is 0.465 e. The van der Waals surface area contributed by atoms with Crippen molar-refractivity contribution in [2.75, 3.05) is 6.54 Å². The fourth-order valence-electron chi connectivity index (χ4n) is 1.83. The average molecular weight is 280 g/mol. The van der Waals surface area contributed by atoms with Crippen molar-refractivity contribution in [1.82, 2.24) is 0 Å². The quantitative estimate of drug-likeness (QED) is 0.655. The molecule has 1 atom stereocenters. The summed E-state index contributed by atoms with van der Waals surface area (Å²) in [6.45, 7) is 0.277. The smallest absolute Gasteiger partial charge is 0.270 e. The zero-order valence-corrected chi connectivity index (χ0v) is 10.3. The number of aliphatic imine (C=N–C) groups is 2. The van der Waals surface area contributed by atoms with Gasteiger partial charge in [0.25, 0.3) is 15.9 Å². The standard InChI is InChI=1S/C10H8N4O4S/c11-10(15)8-9-7(3-13-8)19(16,17)14-6-2-12-1-5(6)4-18-9/h2-4,7H,1H2,(H2,11,15)/b5-4-,14-6-. The van der Waals surface area contributed by atoms with E-state index in [0.29, 0.717) is 5.57 Å². The van der Waals surface area contributed by atoms with Gasteiger partial charge in [0.1, 0.15) is 5.71 Å². The lowest BCUT2D eigenvalue weighted by atomic mass is 10.2. The number of primary amides is 1. The first-order valence-electron chi connectivity index (χ1n) is 5.27. The molecule has 0 fully saturated rings. The summed E-state index contributed by atoms with van der Waals surface area (Å²) in [6.07, 6.45) is 3.77. The summed E-state index contributed by atoms with van der Waals surface area (Å²) in [5, 5.41) is -1.23. The average Bonchev–Trinajstić information content (AvgIpc) is 2.90. The SMILES string of the molecule is NC(=O)C1=C2O/C=C3/CN=C/C3=N/S(=O)(=O)C2C=N1. The lowest BCUT2D eigenvalue weighted by Crippen LogP contribution is -2.26. The van der Waals surface area contributed by atoms with E-state index in [1.54, 1.807) is 0 Å². The van der Waals surface area contributed by atoms with Gasteiger partial charge in [-0.05, 0) is 0 Å².